The van der Waals surface area contributed by atoms with E-state index in [0.29, 0.717) is 5.56 Å². The highest BCUT2D eigenvalue weighted by atomic mass is 16.6. The molecule has 0 spiro atoms. The second-order valence-corrected chi connectivity index (χ2v) is 5.36. The van der Waals surface area contributed by atoms with Crippen molar-refractivity contribution in [3.05, 3.63) is 58.1 Å². The van der Waals surface area contributed by atoms with Crippen LogP contribution >= 0.6 is 0 Å². The molecular formula is C17H16N3O4-. The molecule has 0 aliphatic carbocycles. The van der Waals surface area contributed by atoms with Gasteiger partial charge in [-0.1, -0.05) is 6.07 Å². The van der Waals surface area contributed by atoms with Crippen LogP contribution in [-0.4, -0.2) is 37.4 Å². The van der Waals surface area contributed by atoms with E-state index in [2.05, 4.69) is 9.89 Å². The van der Waals surface area contributed by atoms with Crippen LogP contribution in [-0.2, 0) is 4.74 Å². The van der Waals surface area contributed by atoms with E-state index in [0.717, 1.165) is 37.7 Å². The lowest BCUT2D eigenvalue weighted by Crippen LogP contribution is -2.36. The molecule has 1 saturated heterocycles. The van der Waals surface area contributed by atoms with Crippen molar-refractivity contribution < 1.29 is 14.8 Å². The monoisotopic (exact) mass is 326 g/mol. The number of hydrogen-bond acceptors (Lipinski definition) is 6. The minimum Gasteiger partial charge on any atom is -0.868 e. The Balaban J connectivity index is 1.70. The van der Waals surface area contributed by atoms with Crippen molar-refractivity contribution in [2.75, 3.05) is 31.2 Å². The number of nitrogens with zero attached hydrogens (tertiary/aromatic N) is 3. The fourth-order valence-corrected chi connectivity index (χ4v) is 2.48. The van der Waals surface area contributed by atoms with Crippen molar-refractivity contribution in [3.8, 4) is 5.75 Å². The van der Waals surface area contributed by atoms with Gasteiger partial charge in [0, 0.05) is 31.1 Å². The summed E-state index contributed by atoms with van der Waals surface area (Å²) in [5.74, 6) is -0.619. The van der Waals surface area contributed by atoms with Gasteiger partial charge < -0.3 is 14.7 Å². The van der Waals surface area contributed by atoms with Crippen molar-refractivity contribution in [3.63, 3.8) is 0 Å². The standard InChI is InChI=1S/C17H17N3O4/c21-17-11-13(1-6-16(17)20(22)23)12-18-14-2-4-15(5-3-14)19-7-9-24-10-8-19/h1-6,11-12,21H,7-10H2/p-1. The van der Waals surface area contributed by atoms with Crippen LogP contribution < -0.4 is 10.0 Å². The number of ether oxygens (including phenoxy) is 1. The molecule has 0 bridgehead atoms. The summed E-state index contributed by atoms with van der Waals surface area (Å²) in [7, 11) is 0. The quantitative estimate of drug-likeness (QED) is 0.488. The van der Waals surface area contributed by atoms with Gasteiger partial charge in [-0.25, -0.2) is 0 Å². The molecule has 1 aliphatic rings. The summed E-state index contributed by atoms with van der Waals surface area (Å²) in [6.07, 6.45) is 1.52. The summed E-state index contributed by atoms with van der Waals surface area (Å²) < 4.78 is 5.33. The fraction of sp³-hybridized carbons (Fsp3) is 0.235. The van der Waals surface area contributed by atoms with Crippen molar-refractivity contribution in [2.24, 2.45) is 4.99 Å². The molecule has 0 unspecified atom stereocenters. The van der Waals surface area contributed by atoms with E-state index in [1.165, 1.54) is 24.4 Å². The van der Waals surface area contributed by atoms with E-state index in [-0.39, 0.29) is 0 Å². The van der Waals surface area contributed by atoms with E-state index >= 15 is 0 Å². The molecule has 0 atom stereocenters. The molecule has 0 aromatic heterocycles. The average Bonchev–Trinajstić information content (AvgIpc) is 2.61. The SMILES string of the molecule is O=[N+]([O-])c1ccc(C=Nc2ccc(N3CCOCC3)cc2)cc1[O-]. The lowest BCUT2D eigenvalue weighted by Gasteiger charge is -2.28. The molecule has 7 heteroatoms. The Kier molecular flexibility index (Phi) is 4.72. The second kappa shape index (κ2) is 7.10. The largest absolute Gasteiger partial charge is 0.868 e. The number of benzene rings is 2. The van der Waals surface area contributed by atoms with E-state index in [4.69, 9.17) is 4.74 Å². The maximum Gasteiger partial charge on any atom is 0.261 e. The highest BCUT2D eigenvalue weighted by molar-refractivity contribution is 5.83. The van der Waals surface area contributed by atoms with Crippen LogP contribution in [0.3, 0.4) is 0 Å². The minimum absolute atomic E-state index is 0.429. The van der Waals surface area contributed by atoms with E-state index < -0.39 is 16.4 Å². The van der Waals surface area contributed by atoms with E-state index in [9.17, 15) is 15.2 Å². The number of nitro groups is 1. The molecule has 0 saturated carbocycles. The number of morpholine rings is 1. The highest BCUT2D eigenvalue weighted by Gasteiger charge is 2.10. The lowest BCUT2D eigenvalue weighted by molar-refractivity contribution is -0.398. The van der Waals surface area contributed by atoms with Gasteiger partial charge in [0.05, 0.1) is 23.8 Å². The number of aliphatic imine (C=N–C) groups is 1. The Bertz CT molecular complexity index is 753. The molecule has 7 nitrogen and oxygen atoms in total. The predicted molar refractivity (Wildman–Crippen MR) is 89.3 cm³/mol. The van der Waals surface area contributed by atoms with Crippen LogP contribution in [0.5, 0.6) is 5.75 Å². The van der Waals surface area contributed by atoms with Crippen LogP contribution in [0.15, 0.2) is 47.5 Å². The molecule has 2 aromatic carbocycles. The molecule has 24 heavy (non-hydrogen) atoms. The molecule has 2 aromatic rings. The zero-order valence-corrected chi connectivity index (χ0v) is 12.9. The van der Waals surface area contributed by atoms with Gasteiger partial charge >= 0.3 is 0 Å². The first kappa shape index (κ1) is 15.9. The zero-order valence-electron chi connectivity index (χ0n) is 12.9. The first-order valence-corrected chi connectivity index (χ1v) is 7.56. The second-order valence-electron chi connectivity index (χ2n) is 5.36. The molecule has 1 aliphatic heterocycles. The molecule has 0 amide bonds. The maximum absolute atomic E-state index is 11.6. The first-order valence-electron chi connectivity index (χ1n) is 7.56. The van der Waals surface area contributed by atoms with Gasteiger partial charge in [-0.15, -0.1) is 0 Å². The van der Waals surface area contributed by atoms with Crippen molar-refractivity contribution in [2.45, 2.75) is 0 Å². The summed E-state index contributed by atoms with van der Waals surface area (Å²) in [5.41, 5.74) is 1.97. The van der Waals surface area contributed by atoms with E-state index in [1.807, 2.05) is 24.3 Å². The van der Waals surface area contributed by atoms with Gasteiger partial charge in [-0.05, 0) is 41.6 Å². The maximum atomic E-state index is 11.6. The topological polar surface area (TPSA) is 91.0 Å². The van der Waals surface area contributed by atoms with Crippen molar-refractivity contribution >= 4 is 23.3 Å². The summed E-state index contributed by atoms with van der Waals surface area (Å²) in [5, 5.41) is 22.2. The van der Waals surface area contributed by atoms with E-state index in [1.54, 1.807) is 0 Å². The third kappa shape index (κ3) is 3.69. The van der Waals surface area contributed by atoms with Crippen LogP contribution in [0, 0.1) is 10.1 Å². The van der Waals surface area contributed by atoms with Crippen LogP contribution in [0.1, 0.15) is 5.56 Å². The molecule has 3 rings (SSSR count). The van der Waals surface area contributed by atoms with Crippen molar-refractivity contribution in [1.29, 1.82) is 0 Å². The third-order valence-electron chi connectivity index (χ3n) is 3.77. The molecule has 1 heterocycles. The average molecular weight is 326 g/mol. The van der Waals surface area contributed by atoms with Crippen LogP contribution in [0.4, 0.5) is 17.1 Å². The molecule has 0 radical (unpaired) electrons. The number of nitro benzene ring substituents is 1. The first-order chi connectivity index (χ1) is 11.6. The smallest absolute Gasteiger partial charge is 0.261 e. The van der Waals surface area contributed by atoms with Gasteiger partial charge in [0.1, 0.15) is 0 Å². The van der Waals surface area contributed by atoms with Crippen molar-refractivity contribution in [1.82, 2.24) is 0 Å². The highest BCUT2D eigenvalue weighted by Crippen LogP contribution is 2.24. The summed E-state index contributed by atoms with van der Waals surface area (Å²) in [4.78, 5) is 16.5. The normalized spacial score (nSPS) is 14.9. The summed E-state index contributed by atoms with van der Waals surface area (Å²) >= 11 is 0. The number of anilines is 1. The van der Waals surface area contributed by atoms with Gasteiger partial charge in [0.2, 0.25) is 0 Å². The van der Waals surface area contributed by atoms with Gasteiger partial charge in [0.15, 0.2) is 0 Å². The Labute approximate surface area is 139 Å². The zero-order chi connectivity index (χ0) is 16.9. The summed E-state index contributed by atoms with van der Waals surface area (Å²) in [6, 6.07) is 11.7. The Hall–Kier alpha value is -2.93. The Morgan fingerprint density at radius 2 is 1.83 bits per heavy atom. The number of hydrogen-bond donors (Lipinski definition) is 0. The fourth-order valence-electron chi connectivity index (χ4n) is 2.48. The Morgan fingerprint density at radius 1 is 1.12 bits per heavy atom. The third-order valence-corrected chi connectivity index (χ3v) is 3.77. The van der Waals surface area contributed by atoms with Gasteiger partial charge in [-0.3, -0.25) is 15.1 Å². The van der Waals surface area contributed by atoms with Crippen LogP contribution in [0.2, 0.25) is 0 Å². The number of rotatable bonds is 4. The molecular weight excluding hydrogens is 310 g/mol. The van der Waals surface area contributed by atoms with Gasteiger partial charge in [-0.2, -0.15) is 0 Å². The minimum atomic E-state index is -0.687. The summed E-state index contributed by atoms with van der Waals surface area (Å²) in [6.45, 7) is 3.21. The van der Waals surface area contributed by atoms with Crippen LogP contribution in [0.25, 0.3) is 0 Å². The molecule has 1 fully saturated rings. The molecule has 124 valence electrons. The Morgan fingerprint density at radius 3 is 2.46 bits per heavy atom. The predicted octanol–water partition coefficient (Wildman–Crippen LogP) is 2.26. The van der Waals surface area contributed by atoms with Gasteiger partial charge in [0.25, 0.3) is 5.69 Å². The lowest BCUT2D eigenvalue weighted by atomic mass is 10.2. The molecule has 0 N–H and O–H groups in total.